The molecule has 0 spiro atoms. The third-order valence-electron chi connectivity index (χ3n) is 2.90. The summed E-state index contributed by atoms with van der Waals surface area (Å²) in [6, 6.07) is 5.36. The molecule has 10 heteroatoms. The van der Waals surface area contributed by atoms with Crippen LogP contribution in [0.15, 0.2) is 28.6 Å². The first kappa shape index (κ1) is 18.0. The molecule has 0 bridgehead atoms. The lowest BCUT2D eigenvalue weighted by molar-refractivity contribution is -0.140. The normalized spacial score (nSPS) is 12.1. The summed E-state index contributed by atoms with van der Waals surface area (Å²) in [6.07, 6.45) is -4.42. The van der Waals surface area contributed by atoms with Crippen molar-refractivity contribution in [3.8, 4) is 5.88 Å². The fourth-order valence-electron chi connectivity index (χ4n) is 1.75. The Hall–Kier alpha value is -2.36. The van der Waals surface area contributed by atoms with Gasteiger partial charge in [-0.3, -0.25) is 4.99 Å². The lowest BCUT2D eigenvalue weighted by Gasteiger charge is -2.11. The van der Waals surface area contributed by atoms with Crippen LogP contribution in [0.1, 0.15) is 16.4 Å². The van der Waals surface area contributed by atoms with Crippen LogP contribution in [0, 0.1) is 0 Å². The van der Waals surface area contributed by atoms with Crippen LogP contribution in [-0.4, -0.2) is 30.1 Å². The van der Waals surface area contributed by atoms with Crippen LogP contribution < -0.4 is 15.4 Å². The van der Waals surface area contributed by atoms with E-state index in [4.69, 9.17) is 4.74 Å². The van der Waals surface area contributed by atoms with Gasteiger partial charge in [-0.1, -0.05) is 6.07 Å². The number of nitrogens with one attached hydrogen (secondary N) is 2. The number of nitrogens with zero attached hydrogens (tertiary/aromatic N) is 3. The monoisotopic (exact) mass is 359 g/mol. The van der Waals surface area contributed by atoms with Crippen molar-refractivity contribution in [1.29, 1.82) is 0 Å². The summed E-state index contributed by atoms with van der Waals surface area (Å²) >= 11 is 0.943. The van der Waals surface area contributed by atoms with E-state index in [0.29, 0.717) is 23.4 Å². The fraction of sp³-hybridized carbons (Fsp3) is 0.357. The Kier molecular flexibility index (Phi) is 5.96. The average Bonchev–Trinajstić information content (AvgIpc) is 3.04. The Labute approximate surface area is 140 Å². The average molecular weight is 359 g/mol. The zero-order chi connectivity index (χ0) is 17.6. The van der Waals surface area contributed by atoms with Crippen LogP contribution in [0.5, 0.6) is 5.88 Å². The molecule has 0 saturated carbocycles. The minimum absolute atomic E-state index is 0.145. The molecule has 0 aliphatic carbocycles. The van der Waals surface area contributed by atoms with E-state index in [-0.39, 0.29) is 6.54 Å². The Morgan fingerprint density at radius 3 is 2.62 bits per heavy atom. The van der Waals surface area contributed by atoms with Gasteiger partial charge in [0.05, 0.1) is 25.9 Å². The number of aromatic nitrogens is 2. The second-order valence-corrected chi connectivity index (χ2v) is 5.52. The van der Waals surface area contributed by atoms with Crippen molar-refractivity contribution in [3.05, 3.63) is 40.0 Å². The van der Waals surface area contributed by atoms with Crippen LogP contribution >= 0.6 is 11.3 Å². The highest BCUT2D eigenvalue weighted by molar-refractivity contribution is 7.09. The van der Waals surface area contributed by atoms with E-state index in [1.807, 2.05) is 12.1 Å². The van der Waals surface area contributed by atoms with E-state index in [0.717, 1.165) is 22.4 Å². The molecule has 130 valence electrons. The van der Waals surface area contributed by atoms with Gasteiger partial charge in [-0.2, -0.15) is 13.2 Å². The molecule has 0 aliphatic heterocycles. The van der Waals surface area contributed by atoms with Crippen LogP contribution in [-0.2, 0) is 19.3 Å². The zero-order valence-corrected chi connectivity index (χ0v) is 13.8. The lowest BCUT2D eigenvalue weighted by Crippen LogP contribution is -2.36. The molecule has 0 aliphatic rings. The molecule has 0 amide bonds. The van der Waals surface area contributed by atoms with Crippen LogP contribution in [0.4, 0.5) is 13.2 Å². The standard InChI is InChI=1S/C14H16F3N5OS/c1-18-13(19-6-9-4-3-5-11(21-9)23-2)20-7-12-22-10(8-24-12)14(15,16)17/h3-5,8H,6-7H2,1-2H3,(H2,18,19,20). The summed E-state index contributed by atoms with van der Waals surface area (Å²) in [5.74, 6) is 0.933. The van der Waals surface area contributed by atoms with Crippen molar-refractivity contribution in [2.45, 2.75) is 19.3 Å². The molecule has 0 aromatic carbocycles. The van der Waals surface area contributed by atoms with Gasteiger partial charge in [0.1, 0.15) is 5.01 Å². The fourth-order valence-corrected chi connectivity index (χ4v) is 2.49. The molecule has 0 radical (unpaired) electrons. The second-order valence-electron chi connectivity index (χ2n) is 4.57. The van der Waals surface area contributed by atoms with E-state index in [9.17, 15) is 13.2 Å². The maximum absolute atomic E-state index is 12.5. The Morgan fingerprint density at radius 2 is 2.00 bits per heavy atom. The van der Waals surface area contributed by atoms with Gasteiger partial charge < -0.3 is 15.4 Å². The minimum Gasteiger partial charge on any atom is -0.481 e. The van der Waals surface area contributed by atoms with E-state index >= 15 is 0 Å². The van der Waals surface area contributed by atoms with Crippen LogP contribution in [0.25, 0.3) is 0 Å². The van der Waals surface area contributed by atoms with Crippen molar-refractivity contribution in [3.63, 3.8) is 0 Å². The van der Waals surface area contributed by atoms with Gasteiger partial charge in [0.25, 0.3) is 0 Å². The molecule has 2 heterocycles. The number of hydrogen-bond acceptors (Lipinski definition) is 5. The highest BCUT2D eigenvalue weighted by Gasteiger charge is 2.33. The predicted molar refractivity (Wildman–Crippen MR) is 84.9 cm³/mol. The van der Waals surface area contributed by atoms with Crippen molar-refractivity contribution in [2.24, 2.45) is 4.99 Å². The van der Waals surface area contributed by atoms with E-state index in [2.05, 4.69) is 25.6 Å². The van der Waals surface area contributed by atoms with Crippen LogP contribution in [0.2, 0.25) is 0 Å². The number of rotatable bonds is 5. The summed E-state index contributed by atoms with van der Waals surface area (Å²) in [6.45, 7) is 0.536. The molecule has 24 heavy (non-hydrogen) atoms. The molecule has 2 rings (SSSR count). The number of methoxy groups -OCH3 is 1. The van der Waals surface area contributed by atoms with Crippen molar-refractivity contribution in [2.75, 3.05) is 14.2 Å². The van der Waals surface area contributed by atoms with Crippen LogP contribution in [0.3, 0.4) is 0 Å². The number of guanidine groups is 1. The molecule has 0 unspecified atom stereocenters. The minimum atomic E-state index is -4.42. The largest absolute Gasteiger partial charge is 0.481 e. The zero-order valence-electron chi connectivity index (χ0n) is 13.0. The van der Waals surface area contributed by atoms with Gasteiger partial charge in [0, 0.05) is 18.5 Å². The van der Waals surface area contributed by atoms with Gasteiger partial charge in [0.2, 0.25) is 5.88 Å². The van der Waals surface area contributed by atoms with Gasteiger partial charge in [-0.15, -0.1) is 11.3 Å². The van der Waals surface area contributed by atoms with Gasteiger partial charge in [-0.25, -0.2) is 9.97 Å². The molecular formula is C14H16F3N5OS. The number of halogens is 3. The smallest absolute Gasteiger partial charge is 0.434 e. The molecule has 0 fully saturated rings. The second kappa shape index (κ2) is 7.95. The first-order valence-electron chi connectivity index (χ1n) is 6.88. The highest BCUT2D eigenvalue weighted by Crippen LogP contribution is 2.29. The molecule has 2 aromatic rings. The van der Waals surface area contributed by atoms with E-state index in [1.165, 1.54) is 7.11 Å². The Morgan fingerprint density at radius 1 is 1.25 bits per heavy atom. The summed E-state index contributed by atoms with van der Waals surface area (Å²) in [7, 11) is 3.10. The quantitative estimate of drug-likeness (QED) is 0.634. The predicted octanol–water partition coefficient (Wildman–Crippen LogP) is 2.43. The summed E-state index contributed by atoms with van der Waals surface area (Å²) in [5.41, 5.74) is -0.140. The Bertz CT molecular complexity index is 702. The maximum atomic E-state index is 12.5. The number of ether oxygens (including phenoxy) is 1. The summed E-state index contributed by atoms with van der Waals surface area (Å²) in [4.78, 5) is 11.8. The number of hydrogen-bond donors (Lipinski definition) is 2. The molecular weight excluding hydrogens is 343 g/mol. The van der Waals surface area contributed by atoms with Crippen molar-refractivity contribution < 1.29 is 17.9 Å². The number of alkyl halides is 3. The Balaban J connectivity index is 1.87. The maximum Gasteiger partial charge on any atom is 0.434 e. The third-order valence-corrected chi connectivity index (χ3v) is 3.75. The topological polar surface area (TPSA) is 71.4 Å². The number of pyridine rings is 1. The molecule has 0 atom stereocenters. The SMILES string of the molecule is CN=C(NCc1cccc(OC)n1)NCc1nc(C(F)(F)F)cs1. The molecule has 2 aromatic heterocycles. The number of thiazole rings is 1. The summed E-state index contributed by atoms with van der Waals surface area (Å²) < 4.78 is 42.6. The molecule has 6 nitrogen and oxygen atoms in total. The van der Waals surface area contributed by atoms with Gasteiger partial charge in [0.15, 0.2) is 11.7 Å². The highest BCUT2D eigenvalue weighted by atomic mass is 32.1. The molecule has 0 saturated heterocycles. The molecule has 2 N–H and O–H groups in total. The first-order valence-corrected chi connectivity index (χ1v) is 7.76. The van der Waals surface area contributed by atoms with E-state index < -0.39 is 11.9 Å². The van der Waals surface area contributed by atoms with Crippen molar-refractivity contribution >= 4 is 17.3 Å². The van der Waals surface area contributed by atoms with Gasteiger partial charge in [-0.05, 0) is 6.07 Å². The van der Waals surface area contributed by atoms with Gasteiger partial charge >= 0.3 is 6.18 Å². The first-order chi connectivity index (χ1) is 11.4. The third kappa shape index (κ3) is 5.08. The number of aliphatic imine (C=N–C) groups is 1. The van der Waals surface area contributed by atoms with E-state index in [1.54, 1.807) is 13.1 Å². The summed E-state index contributed by atoms with van der Waals surface area (Å²) in [5, 5.41) is 7.25. The lowest BCUT2D eigenvalue weighted by atomic mass is 10.3. The van der Waals surface area contributed by atoms with Crippen molar-refractivity contribution in [1.82, 2.24) is 20.6 Å².